The molecule has 0 saturated carbocycles. The fourth-order valence-corrected chi connectivity index (χ4v) is 2.70. The minimum Gasteiger partial charge on any atom is -0.486 e. The first-order valence-corrected chi connectivity index (χ1v) is 7.91. The summed E-state index contributed by atoms with van der Waals surface area (Å²) in [6, 6.07) is 12.1. The van der Waals surface area contributed by atoms with E-state index in [0.29, 0.717) is 22.4 Å². The lowest BCUT2D eigenvalue weighted by Crippen LogP contribution is -2.13. The Hall–Kier alpha value is -3.53. The van der Waals surface area contributed by atoms with Crippen molar-refractivity contribution in [3.63, 3.8) is 0 Å². The first-order chi connectivity index (χ1) is 12.9. The van der Waals surface area contributed by atoms with Gasteiger partial charge in [0.1, 0.15) is 18.2 Å². The van der Waals surface area contributed by atoms with Gasteiger partial charge < -0.3 is 9.72 Å². The van der Waals surface area contributed by atoms with Gasteiger partial charge in [-0.2, -0.15) is 9.65 Å². The van der Waals surface area contributed by atoms with Crippen LogP contribution in [0, 0.1) is 35.7 Å². The number of hydrogen-bond acceptors (Lipinski definition) is 3. The number of benzene rings is 2. The molecule has 3 aromatic rings. The molecule has 0 radical (unpaired) electrons. The number of aromatic nitrogens is 1. The number of ether oxygens (including phenoxy) is 1. The van der Waals surface area contributed by atoms with E-state index in [-0.39, 0.29) is 12.2 Å². The maximum Gasteiger partial charge on any atom is 0.266 e. The van der Waals surface area contributed by atoms with E-state index in [1.807, 2.05) is 6.07 Å². The van der Waals surface area contributed by atoms with Crippen molar-refractivity contribution in [3.05, 3.63) is 87.1 Å². The van der Waals surface area contributed by atoms with E-state index in [9.17, 15) is 23.2 Å². The van der Waals surface area contributed by atoms with Gasteiger partial charge in [-0.15, -0.1) is 0 Å². The highest BCUT2D eigenvalue weighted by atomic mass is 19.2. The molecule has 0 amide bonds. The summed E-state index contributed by atoms with van der Waals surface area (Å²) in [5.41, 5.74) is 1.48. The van der Waals surface area contributed by atoms with Gasteiger partial charge in [-0.25, -0.2) is 8.78 Å². The third-order valence-corrected chi connectivity index (χ3v) is 3.97. The molecule has 136 valence electrons. The zero-order valence-electron chi connectivity index (χ0n) is 14.1. The van der Waals surface area contributed by atoms with Crippen molar-refractivity contribution < 1.29 is 17.9 Å². The second-order valence-corrected chi connectivity index (χ2v) is 5.80. The molecule has 27 heavy (non-hydrogen) atoms. The standard InChI is InChI=1S/C20H13F3N2O2/c1-11-8-14(15(9-24)20(26)25-11)13-5-3-2-4-12(13)10-27-17-7-6-16(21)18(22)19(17)23/h2-8H,10H2,1H3,(H,25,26). The second kappa shape index (κ2) is 7.38. The number of nitrogens with zero attached hydrogens (tertiary/aromatic N) is 1. The Bertz CT molecular complexity index is 1120. The number of nitriles is 1. The van der Waals surface area contributed by atoms with Crippen molar-refractivity contribution in [3.8, 4) is 22.9 Å². The van der Waals surface area contributed by atoms with Crippen LogP contribution < -0.4 is 10.3 Å². The minimum atomic E-state index is -1.61. The Morgan fingerprint density at radius 3 is 2.56 bits per heavy atom. The molecule has 3 rings (SSSR count). The highest BCUT2D eigenvalue weighted by Gasteiger charge is 2.17. The zero-order chi connectivity index (χ0) is 19.6. The van der Waals surface area contributed by atoms with E-state index in [1.54, 1.807) is 37.3 Å². The molecular weight excluding hydrogens is 357 g/mol. The number of H-pyrrole nitrogens is 1. The average Bonchev–Trinajstić information content (AvgIpc) is 2.65. The van der Waals surface area contributed by atoms with Crippen molar-refractivity contribution in [2.24, 2.45) is 0 Å². The smallest absolute Gasteiger partial charge is 0.266 e. The van der Waals surface area contributed by atoms with Crippen molar-refractivity contribution in [2.75, 3.05) is 0 Å². The Labute approximate surface area is 152 Å². The second-order valence-electron chi connectivity index (χ2n) is 5.80. The van der Waals surface area contributed by atoms with Gasteiger partial charge in [0, 0.05) is 11.3 Å². The zero-order valence-corrected chi connectivity index (χ0v) is 14.1. The molecule has 0 bridgehead atoms. The molecule has 0 saturated heterocycles. The maximum absolute atomic E-state index is 13.8. The third-order valence-electron chi connectivity index (χ3n) is 3.97. The summed E-state index contributed by atoms with van der Waals surface area (Å²) in [6.45, 7) is 1.51. The van der Waals surface area contributed by atoms with E-state index in [0.717, 1.165) is 12.1 Å². The van der Waals surface area contributed by atoms with Crippen LogP contribution in [0.15, 0.2) is 47.3 Å². The van der Waals surface area contributed by atoms with Crippen LogP contribution >= 0.6 is 0 Å². The van der Waals surface area contributed by atoms with Gasteiger partial charge in [-0.05, 0) is 36.2 Å². The first-order valence-electron chi connectivity index (χ1n) is 7.91. The Morgan fingerprint density at radius 1 is 1.07 bits per heavy atom. The van der Waals surface area contributed by atoms with E-state index >= 15 is 0 Å². The third kappa shape index (κ3) is 3.55. The largest absolute Gasteiger partial charge is 0.486 e. The van der Waals surface area contributed by atoms with Gasteiger partial charge >= 0.3 is 0 Å². The maximum atomic E-state index is 13.8. The number of halogens is 3. The molecule has 1 N–H and O–H groups in total. The van der Waals surface area contributed by atoms with Gasteiger partial charge in [0.25, 0.3) is 5.56 Å². The monoisotopic (exact) mass is 370 g/mol. The van der Waals surface area contributed by atoms with Crippen LogP contribution in [0.1, 0.15) is 16.8 Å². The fraction of sp³-hybridized carbons (Fsp3) is 0.100. The van der Waals surface area contributed by atoms with Crippen LogP contribution in [0.2, 0.25) is 0 Å². The van der Waals surface area contributed by atoms with Gasteiger partial charge in [0.05, 0.1) is 0 Å². The van der Waals surface area contributed by atoms with E-state index < -0.39 is 28.8 Å². The Morgan fingerprint density at radius 2 is 1.81 bits per heavy atom. The highest BCUT2D eigenvalue weighted by molar-refractivity contribution is 5.73. The fourth-order valence-electron chi connectivity index (χ4n) is 2.70. The first kappa shape index (κ1) is 18.3. The lowest BCUT2D eigenvalue weighted by atomic mass is 9.96. The number of aromatic amines is 1. The van der Waals surface area contributed by atoms with Crippen LogP contribution in [-0.4, -0.2) is 4.98 Å². The lowest BCUT2D eigenvalue weighted by Gasteiger charge is -2.13. The van der Waals surface area contributed by atoms with Gasteiger partial charge in [-0.1, -0.05) is 24.3 Å². The van der Waals surface area contributed by atoms with E-state index in [2.05, 4.69) is 4.98 Å². The normalized spacial score (nSPS) is 10.5. The molecule has 0 atom stereocenters. The van der Waals surface area contributed by atoms with E-state index in [1.165, 1.54) is 0 Å². The van der Waals surface area contributed by atoms with Gasteiger partial charge in [0.2, 0.25) is 5.82 Å². The van der Waals surface area contributed by atoms with Crippen LogP contribution in [0.25, 0.3) is 11.1 Å². The molecule has 0 spiro atoms. The molecule has 0 unspecified atom stereocenters. The summed E-state index contributed by atoms with van der Waals surface area (Å²) in [5.74, 6) is -4.78. The van der Waals surface area contributed by atoms with Crippen LogP contribution in [-0.2, 0) is 6.61 Å². The Balaban J connectivity index is 2.01. The Kier molecular flexibility index (Phi) is 4.99. The molecule has 0 aliphatic heterocycles. The molecule has 1 heterocycles. The predicted octanol–water partition coefficient (Wildman–Crippen LogP) is 4.22. The highest BCUT2D eigenvalue weighted by Crippen LogP contribution is 2.28. The topological polar surface area (TPSA) is 65.9 Å². The van der Waals surface area contributed by atoms with Gasteiger partial charge in [-0.3, -0.25) is 4.79 Å². The van der Waals surface area contributed by atoms with Crippen molar-refractivity contribution >= 4 is 0 Å². The molecular formula is C20H13F3N2O2. The number of pyridine rings is 1. The molecule has 4 nitrogen and oxygen atoms in total. The molecule has 0 aliphatic carbocycles. The molecule has 0 aliphatic rings. The minimum absolute atomic E-state index is 0.0629. The molecule has 0 fully saturated rings. The quantitative estimate of drug-likeness (QED) is 0.700. The van der Waals surface area contributed by atoms with Crippen LogP contribution in [0.3, 0.4) is 0 Å². The number of hydrogen-bond donors (Lipinski definition) is 1. The summed E-state index contributed by atoms with van der Waals surface area (Å²) in [7, 11) is 0. The summed E-state index contributed by atoms with van der Waals surface area (Å²) in [4.78, 5) is 14.6. The molecule has 7 heteroatoms. The van der Waals surface area contributed by atoms with Crippen molar-refractivity contribution in [1.82, 2.24) is 4.98 Å². The van der Waals surface area contributed by atoms with Crippen LogP contribution in [0.4, 0.5) is 13.2 Å². The summed E-state index contributed by atoms with van der Waals surface area (Å²) < 4.78 is 45.5. The van der Waals surface area contributed by atoms with Crippen LogP contribution in [0.5, 0.6) is 5.75 Å². The molecule has 1 aromatic heterocycles. The lowest BCUT2D eigenvalue weighted by molar-refractivity contribution is 0.282. The summed E-state index contributed by atoms with van der Waals surface area (Å²) in [5, 5.41) is 9.32. The molecule has 2 aromatic carbocycles. The predicted molar refractivity (Wildman–Crippen MR) is 92.6 cm³/mol. The number of nitrogens with one attached hydrogen (secondary N) is 1. The van der Waals surface area contributed by atoms with E-state index in [4.69, 9.17) is 4.74 Å². The SMILES string of the molecule is Cc1cc(-c2ccccc2COc2ccc(F)c(F)c2F)c(C#N)c(=O)[nH]1. The number of rotatable bonds is 4. The van der Waals surface area contributed by atoms with Crippen molar-refractivity contribution in [1.29, 1.82) is 5.26 Å². The number of aryl methyl sites for hydroxylation is 1. The van der Waals surface area contributed by atoms with Gasteiger partial charge in [0.15, 0.2) is 17.4 Å². The summed E-state index contributed by atoms with van der Waals surface area (Å²) >= 11 is 0. The van der Waals surface area contributed by atoms with Crippen molar-refractivity contribution in [2.45, 2.75) is 13.5 Å². The average molecular weight is 370 g/mol. The summed E-state index contributed by atoms with van der Waals surface area (Å²) in [6.07, 6.45) is 0.